The van der Waals surface area contributed by atoms with E-state index in [0.29, 0.717) is 29.7 Å². The van der Waals surface area contributed by atoms with Crippen molar-refractivity contribution in [2.24, 2.45) is 28.6 Å². The molecule has 5 aliphatic rings. The lowest BCUT2D eigenvalue weighted by Gasteiger charge is -2.58. The summed E-state index contributed by atoms with van der Waals surface area (Å²) in [5.41, 5.74) is 0.336. The third-order valence-electron chi connectivity index (χ3n) is 8.95. The Morgan fingerprint density at radius 1 is 1.12 bits per heavy atom. The lowest BCUT2D eigenvalue weighted by atomic mass is 9.45. The summed E-state index contributed by atoms with van der Waals surface area (Å²) in [6.45, 7) is 4.60. The fourth-order valence-corrected chi connectivity index (χ4v) is 7.50. The zero-order chi connectivity index (χ0) is 16.9. The molecule has 4 fully saturated rings. The maximum atomic E-state index is 10.5. The minimum Gasteiger partial charge on any atom is -0.508 e. The van der Waals surface area contributed by atoms with Crippen molar-refractivity contribution < 1.29 is 14.9 Å². The standard InChI is InChI=1S/C20H27NO3/c1-18-7-6-14-12(13(18)3-4-15(18)22)5-8-20-17(24-20)16(23)11(10-21)9-19(14,20)2/h12-15,17,22-23H,3-9H2,1-2H3/t12-,13-,14-,15-,17+,18-,19+,20+/m1/s1. The van der Waals surface area contributed by atoms with Crippen LogP contribution in [0.5, 0.6) is 0 Å². The Kier molecular flexibility index (Phi) is 2.77. The monoisotopic (exact) mass is 329 g/mol. The number of aliphatic hydroxyl groups excluding tert-OH is 2. The smallest absolute Gasteiger partial charge is 0.146 e. The molecular weight excluding hydrogens is 302 g/mol. The van der Waals surface area contributed by atoms with Crippen LogP contribution < -0.4 is 0 Å². The Hall–Kier alpha value is -1.05. The number of epoxide rings is 1. The summed E-state index contributed by atoms with van der Waals surface area (Å²) in [4.78, 5) is 0. The van der Waals surface area contributed by atoms with Crippen molar-refractivity contribution in [2.75, 3.05) is 0 Å². The molecule has 2 N–H and O–H groups in total. The highest BCUT2D eigenvalue weighted by atomic mass is 16.6. The molecule has 1 heterocycles. The van der Waals surface area contributed by atoms with Crippen molar-refractivity contribution in [3.05, 3.63) is 11.3 Å². The molecule has 0 aromatic heterocycles. The molecule has 8 atom stereocenters. The van der Waals surface area contributed by atoms with Crippen molar-refractivity contribution in [1.82, 2.24) is 0 Å². The molecule has 1 spiro atoms. The molecule has 3 saturated carbocycles. The second-order valence-corrected chi connectivity index (χ2v) is 9.51. The van der Waals surface area contributed by atoms with Crippen LogP contribution in [0.15, 0.2) is 11.3 Å². The first kappa shape index (κ1) is 15.2. The quantitative estimate of drug-likeness (QED) is 0.667. The molecule has 0 unspecified atom stereocenters. The van der Waals surface area contributed by atoms with E-state index in [1.807, 2.05) is 0 Å². The van der Waals surface area contributed by atoms with E-state index in [0.717, 1.165) is 38.5 Å². The molecule has 1 aliphatic heterocycles. The van der Waals surface area contributed by atoms with E-state index in [9.17, 15) is 15.5 Å². The van der Waals surface area contributed by atoms with E-state index in [1.165, 1.54) is 0 Å². The first-order valence-corrected chi connectivity index (χ1v) is 9.55. The van der Waals surface area contributed by atoms with Crippen LogP contribution in [-0.4, -0.2) is 28.0 Å². The van der Waals surface area contributed by atoms with Gasteiger partial charge >= 0.3 is 0 Å². The molecule has 24 heavy (non-hydrogen) atoms. The average Bonchev–Trinajstić information content (AvgIpc) is 3.23. The second-order valence-electron chi connectivity index (χ2n) is 9.51. The van der Waals surface area contributed by atoms with E-state index in [1.54, 1.807) is 0 Å². The number of aliphatic hydroxyl groups is 2. The summed E-state index contributed by atoms with van der Waals surface area (Å²) >= 11 is 0. The van der Waals surface area contributed by atoms with Crippen LogP contribution in [0.4, 0.5) is 0 Å². The van der Waals surface area contributed by atoms with Gasteiger partial charge in [0, 0.05) is 5.41 Å². The van der Waals surface area contributed by atoms with Gasteiger partial charge in [0.15, 0.2) is 0 Å². The fraction of sp³-hybridized carbons (Fsp3) is 0.850. The Balaban J connectivity index is 1.55. The molecule has 0 radical (unpaired) electrons. The third-order valence-corrected chi connectivity index (χ3v) is 8.95. The van der Waals surface area contributed by atoms with Gasteiger partial charge in [0.1, 0.15) is 17.5 Å². The summed E-state index contributed by atoms with van der Waals surface area (Å²) in [5, 5.41) is 30.4. The molecule has 0 aromatic carbocycles. The number of fused-ring (bicyclic) bond motifs is 4. The predicted octanol–water partition coefficient (Wildman–Crippen LogP) is 3.47. The van der Waals surface area contributed by atoms with Gasteiger partial charge in [-0.25, -0.2) is 0 Å². The highest BCUT2D eigenvalue weighted by Gasteiger charge is 2.76. The molecule has 4 aliphatic carbocycles. The molecule has 0 bridgehead atoms. The van der Waals surface area contributed by atoms with Crippen LogP contribution in [0.25, 0.3) is 0 Å². The lowest BCUT2D eigenvalue weighted by Crippen LogP contribution is -2.57. The van der Waals surface area contributed by atoms with Gasteiger partial charge in [0.05, 0.1) is 17.7 Å². The second kappa shape index (κ2) is 4.37. The Labute approximate surface area is 143 Å². The minimum absolute atomic E-state index is 0.0489. The molecule has 5 rings (SSSR count). The molecule has 4 nitrogen and oxygen atoms in total. The minimum atomic E-state index is -0.241. The molecular formula is C20H27NO3. The summed E-state index contributed by atoms with van der Waals surface area (Å²) < 4.78 is 6.11. The van der Waals surface area contributed by atoms with Crippen molar-refractivity contribution in [3.8, 4) is 6.07 Å². The zero-order valence-electron chi connectivity index (χ0n) is 14.6. The molecule has 0 amide bonds. The normalized spacial score (nSPS) is 58.2. The van der Waals surface area contributed by atoms with Crippen molar-refractivity contribution in [1.29, 1.82) is 5.26 Å². The third kappa shape index (κ3) is 1.48. The van der Waals surface area contributed by atoms with Gasteiger partial charge in [-0.2, -0.15) is 5.26 Å². The van der Waals surface area contributed by atoms with Gasteiger partial charge in [-0.1, -0.05) is 13.8 Å². The fourth-order valence-electron chi connectivity index (χ4n) is 7.50. The molecule has 1 saturated heterocycles. The SMILES string of the molecule is C[C@@]12CC[C@@H]3[C@H](CC[C@]45O[C@H]4C(O)=C(C#N)C[C@@]35C)[C@H]1CC[C@H]2O. The van der Waals surface area contributed by atoms with E-state index in [4.69, 9.17) is 4.74 Å². The van der Waals surface area contributed by atoms with E-state index in [-0.39, 0.29) is 34.4 Å². The van der Waals surface area contributed by atoms with Gasteiger partial charge in [0.2, 0.25) is 0 Å². The van der Waals surface area contributed by atoms with Crippen LogP contribution in [0, 0.1) is 39.9 Å². The topological polar surface area (TPSA) is 76.8 Å². The van der Waals surface area contributed by atoms with E-state index < -0.39 is 0 Å². The highest BCUT2D eigenvalue weighted by Crippen LogP contribution is 2.73. The first-order valence-electron chi connectivity index (χ1n) is 9.55. The summed E-state index contributed by atoms with van der Waals surface area (Å²) in [5.74, 6) is 1.96. The van der Waals surface area contributed by atoms with Crippen molar-refractivity contribution in [2.45, 2.75) is 76.6 Å². The number of hydrogen-bond donors (Lipinski definition) is 2. The van der Waals surface area contributed by atoms with Gasteiger partial charge in [-0.15, -0.1) is 0 Å². The summed E-state index contributed by atoms with van der Waals surface area (Å²) in [7, 11) is 0. The number of hydrogen-bond acceptors (Lipinski definition) is 4. The van der Waals surface area contributed by atoms with Crippen LogP contribution >= 0.6 is 0 Å². The van der Waals surface area contributed by atoms with Gasteiger partial charge in [0.25, 0.3) is 0 Å². The molecule has 4 heteroatoms. The maximum absolute atomic E-state index is 10.5. The summed E-state index contributed by atoms with van der Waals surface area (Å²) in [6, 6.07) is 2.23. The highest BCUT2D eigenvalue weighted by molar-refractivity contribution is 5.41. The van der Waals surface area contributed by atoms with Gasteiger partial charge < -0.3 is 14.9 Å². The van der Waals surface area contributed by atoms with Gasteiger partial charge in [-0.3, -0.25) is 0 Å². The maximum Gasteiger partial charge on any atom is 0.146 e. The van der Waals surface area contributed by atoms with Crippen LogP contribution in [-0.2, 0) is 4.74 Å². The van der Waals surface area contributed by atoms with Crippen LogP contribution in [0.3, 0.4) is 0 Å². The largest absolute Gasteiger partial charge is 0.508 e. The Bertz CT molecular complexity index is 681. The Morgan fingerprint density at radius 3 is 2.67 bits per heavy atom. The first-order chi connectivity index (χ1) is 11.4. The average molecular weight is 329 g/mol. The zero-order valence-corrected chi connectivity index (χ0v) is 14.6. The number of ether oxygens (including phenoxy) is 1. The Morgan fingerprint density at radius 2 is 1.92 bits per heavy atom. The number of nitriles is 1. The van der Waals surface area contributed by atoms with Crippen molar-refractivity contribution in [3.63, 3.8) is 0 Å². The van der Waals surface area contributed by atoms with Crippen LogP contribution in [0.1, 0.15) is 58.8 Å². The molecule has 0 aromatic rings. The number of nitrogens with zero attached hydrogens (tertiary/aromatic N) is 1. The van der Waals surface area contributed by atoms with E-state index >= 15 is 0 Å². The number of rotatable bonds is 0. The molecule has 130 valence electrons. The van der Waals surface area contributed by atoms with E-state index in [2.05, 4.69) is 19.9 Å². The lowest BCUT2D eigenvalue weighted by molar-refractivity contribution is -0.116. The summed E-state index contributed by atoms with van der Waals surface area (Å²) in [6.07, 6.45) is 6.65. The predicted molar refractivity (Wildman–Crippen MR) is 87.9 cm³/mol. The van der Waals surface area contributed by atoms with Crippen molar-refractivity contribution >= 4 is 0 Å². The number of allylic oxidation sites excluding steroid dienone is 1. The van der Waals surface area contributed by atoms with Gasteiger partial charge in [-0.05, 0) is 68.1 Å². The van der Waals surface area contributed by atoms with Crippen LogP contribution in [0.2, 0.25) is 0 Å².